The molecule has 5 nitrogen and oxygen atoms in total. The van der Waals surface area contributed by atoms with Crippen LogP contribution in [0.2, 0.25) is 5.02 Å². The average Bonchev–Trinajstić information content (AvgIpc) is 3.08. The van der Waals surface area contributed by atoms with Gasteiger partial charge >= 0.3 is 0 Å². The van der Waals surface area contributed by atoms with E-state index >= 15 is 0 Å². The molecule has 1 aliphatic carbocycles. The van der Waals surface area contributed by atoms with Crippen molar-refractivity contribution in [1.82, 2.24) is 4.98 Å². The van der Waals surface area contributed by atoms with Crippen LogP contribution in [-0.2, 0) is 10.2 Å². The predicted molar refractivity (Wildman–Crippen MR) is 99.6 cm³/mol. The number of ether oxygens (including phenoxy) is 2. The maximum Gasteiger partial charge on any atom is 0.235 e. The molecule has 0 unspecified atom stereocenters. The fourth-order valence-corrected chi connectivity index (χ4v) is 3.60. The van der Waals surface area contributed by atoms with E-state index in [1.54, 1.807) is 0 Å². The van der Waals surface area contributed by atoms with E-state index in [9.17, 15) is 4.79 Å². The zero-order valence-corrected chi connectivity index (χ0v) is 14.0. The summed E-state index contributed by atoms with van der Waals surface area (Å²) in [6, 6.07) is 11.4. The summed E-state index contributed by atoms with van der Waals surface area (Å²) in [5.74, 6) is 1.38. The van der Waals surface area contributed by atoms with E-state index in [0.717, 1.165) is 35.1 Å². The number of H-pyrrole nitrogens is 1. The molecule has 0 bridgehead atoms. The Morgan fingerprint density at radius 2 is 2.00 bits per heavy atom. The molecule has 5 rings (SSSR count). The van der Waals surface area contributed by atoms with Gasteiger partial charge in [0.05, 0.1) is 16.1 Å². The van der Waals surface area contributed by atoms with Crippen LogP contribution in [-0.4, -0.2) is 17.7 Å². The third kappa shape index (κ3) is 2.27. The van der Waals surface area contributed by atoms with Crippen LogP contribution in [0.3, 0.4) is 0 Å². The van der Waals surface area contributed by atoms with Crippen molar-refractivity contribution < 1.29 is 17.1 Å². The average molecular weight is 359 g/mol. The number of aromatic nitrogens is 1. The molecule has 3 aromatic rings. The highest BCUT2D eigenvalue weighted by Gasteiger charge is 2.51. The Labute approximate surface area is 151 Å². The molecule has 2 heterocycles. The highest BCUT2D eigenvalue weighted by atomic mass is 35.5. The molecule has 0 spiro atoms. The summed E-state index contributed by atoms with van der Waals surface area (Å²) in [7, 11) is 0. The number of nitrogens with one attached hydrogen (secondary N) is 2. The minimum atomic E-state index is -0.519. The van der Waals surface area contributed by atoms with E-state index in [4.69, 9.17) is 21.1 Å². The first-order valence-electron chi connectivity index (χ1n) is 8.14. The van der Waals surface area contributed by atoms with Gasteiger partial charge in [-0.1, -0.05) is 17.7 Å². The molecule has 0 atom stereocenters. The van der Waals surface area contributed by atoms with Crippen molar-refractivity contribution >= 4 is 34.1 Å². The second-order valence-corrected chi connectivity index (χ2v) is 6.91. The Bertz CT molecular complexity index is 1020. The summed E-state index contributed by atoms with van der Waals surface area (Å²) in [6.07, 6.45) is 3.46. The SMILES string of the molecule is O=C(Nc1cc2[nH]ccc2cc1Cl)C1(c2ccc3c(c2)OCO3)CC1.[HH].[HH]. The van der Waals surface area contributed by atoms with E-state index in [1.807, 2.05) is 42.6 Å². The van der Waals surface area contributed by atoms with Crippen LogP contribution in [0.1, 0.15) is 21.3 Å². The number of rotatable bonds is 3. The number of hydrogen-bond donors (Lipinski definition) is 2. The monoisotopic (exact) mass is 358 g/mol. The third-order valence-electron chi connectivity index (χ3n) is 5.00. The number of carbonyl (C=O) groups is 1. The third-order valence-corrected chi connectivity index (χ3v) is 5.31. The Hall–Kier alpha value is -2.66. The van der Waals surface area contributed by atoms with Crippen molar-refractivity contribution in [2.45, 2.75) is 18.3 Å². The second kappa shape index (κ2) is 5.17. The molecule has 2 aromatic carbocycles. The Balaban J connectivity index is 0.00000105. The van der Waals surface area contributed by atoms with Gasteiger partial charge in [0.1, 0.15) is 0 Å². The van der Waals surface area contributed by atoms with E-state index in [0.29, 0.717) is 16.5 Å². The summed E-state index contributed by atoms with van der Waals surface area (Å²) < 4.78 is 10.8. The van der Waals surface area contributed by atoms with Gasteiger partial charge in [-0.3, -0.25) is 4.79 Å². The Morgan fingerprint density at radius 3 is 2.84 bits per heavy atom. The van der Waals surface area contributed by atoms with E-state index in [-0.39, 0.29) is 15.6 Å². The molecule has 1 fully saturated rings. The van der Waals surface area contributed by atoms with E-state index < -0.39 is 5.41 Å². The number of fused-ring (bicyclic) bond motifs is 2. The molecule has 0 saturated heterocycles. The van der Waals surface area contributed by atoms with Gasteiger partial charge in [0.15, 0.2) is 11.5 Å². The molecule has 6 heteroatoms. The lowest BCUT2D eigenvalue weighted by Gasteiger charge is -2.17. The molecule has 1 amide bonds. The summed E-state index contributed by atoms with van der Waals surface area (Å²) in [6.45, 7) is 0.226. The molecule has 25 heavy (non-hydrogen) atoms. The fraction of sp³-hybridized carbons (Fsp3) is 0.211. The summed E-state index contributed by atoms with van der Waals surface area (Å²) in [5, 5.41) is 4.54. The first-order valence-corrected chi connectivity index (χ1v) is 8.52. The predicted octanol–water partition coefficient (Wildman–Crippen LogP) is 4.71. The molecule has 2 aliphatic rings. The first-order chi connectivity index (χ1) is 12.2. The van der Waals surface area contributed by atoms with Crippen LogP contribution in [0.4, 0.5) is 5.69 Å². The van der Waals surface area contributed by atoms with Crippen molar-refractivity contribution in [3.63, 3.8) is 0 Å². The molecular weight excluding hydrogens is 340 g/mol. The standard InChI is InChI=1S/C19H15ClN2O3.2H2/c20-13-7-11-3-6-21-14(11)9-15(13)22-18(23)19(4-5-19)12-1-2-16-17(8-12)25-10-24-16;;/h1-3,6-9,21H,4-5,10H2,(H,22,23);2*1H. The molecule has 1 saturated carbocycles. The number of hydrogen-bond acceptors (Lipinski definition) is 3. The smallest absolute Gasteiger partial charge is 0.235 e. The van der Waals surface area contributed by atoms with Crippen LogP contribution in [0.5, 0.6) is 11.5 Å². The summed E-state index contributed by atoms with van der Waals surface area (Å²) >= 11 is 6.33. The van der Waals surface area contributed by atoms with Crippen molar-refractivity contribution in [3.05, 3.63) is 53.2 Å². The van der Waals surface area contributed by atoms with Crippen LogP contribution in [0, 0.1) is 0 Å². The van der Waals surface area contributed by atoms with Crippen LogP contribution in [0.15, 0.2) is 42.6 Å². The zero-order chi connectivity index (χ0) is 17.0. The topological polar surface area (TPSA) is 63.4 Å². The molecule has 2 N–H and O–H groups in total. The largest absolute Gasteiger partial charge is 0.454 e. The van der Waals surface area contributed by atoms with Crippen molar-refractivity contribution in [3.8, 4) is 11.5 Å². The van der Waals surface area contributed by atoms with Gasteiger partial charge in [0.2, 0.25) is 12.7 Å². The minimum Gasteiger partial charge on any atom is -0.454 e. The number of anilines is 1. The number of amides is 1. The van der Waals surface area contributed by atoms with Gasteiger partial charge in [0.25, 0.3) is 0 Å². The van der Waals surface area contributed by atoms with Gasteiger partial charge in [-0.15, -0.1) is 0 Å². The molecule has 0 radical (unpaired) electrons. The minimum absolute atomic E-state index is 0. The molecule has 1 aliphatic heterocycles. The fourth-order valence-electron chi connectivity index (χ4n) is 3.38. The maximum atomic E-state index is 13.0. The van der Waals surface area contributed by atoms with Gasteiger partial charge in [-0.25, -0.2) is 0 Å². The number of carbonyl (C=O) groups excluding carboxylic acids is 1. The van der Waals surface area contributed by atoms with Crippen LogP contribution < -0.4 is 14.8 Å². The quantitative estimate of drug-likeness (QED) is 0.712. The lowest BCUT2D eigenvalue weighted by molar-refractivity contribution is -0.118. The van der Waals surface area contributed by atoms with E-state index in [2.05, 4.69) is 10.3 Å². The van der Waals surface area contributed by atoms with Gasteiger partial charge in [0, 0.05) is 20.0 Å². The van der Waals surface area contributed by atoms with Gasteiger partial charge in [-0.05, 0) is 48.7 Å². The van der Waals surface area contributed by atoms with Crippen molar-refractivity contribution in [1.29, 1.82) is 0 Å². The highest BCUT2D eigenvalue weighted by Crippen LogP contribution is 2.51. The second-order valence-electron chi connectivity index (χ2n) is 6.50. The first kappa shape index (κ1) is 14.7. The zero-order valence-electron chi connectivity index (χ0n) is 13.3. The molecular formula is C19H19ClN2O3. The van der Waals surface area contributed by atoms with Crippen LogP contribution in [0.25, 0.3) is 10.9 Å². The van der Waals surface area contributed by atoms with Gasteiger partial charge < -0.3 is 19.8 Å². The van der Waals surface area contributed by atoms with Gasteiger partial charge in [-0.2, -0.15) is 0 Å². The number of halogens is 1. The molecule has 130 valence electrons. The number of aromatic amines is 1. The van der Waals surface area contributed by atoms with Crippen molar-refractivity contribution in [2.24, 2.45) is 0 Å². The highest BCUT2D eigenvalue weighted by molar-refractivity contribution is 6.34. The lowest BCUT2D eigenvalue weighted by atomic mass is 9.94. The summed E-state index contributed by atoms with van der Waals surface area (Å²) in [4.78, 5) is 16.1. The van der Waals surface area contributed by atoms with Crippen molar-refractivity contribution in [2.75, 3.05) is 12.1 Å². The van der Waals surface area contributed by atoms with E-state index in [1.165, 1.54) is 0 Å². The Kier molecular flexibility index (Phi) is 3.03. The van der Waals surface area contributed by atoms with Crippen LogP contribution >= 0.6 is 11.6 Å². The summed E-state index contributed by atoms with van der Waals surface area (Å²) in [5.41, 5.74) is 1.99. The lowest BCUT2D eigenvalue weighted by Crippen LogP contribution is -2.27. The Morgan fingerprint density at radius 1 is 1.16 bits per heavy atom. The normalized spacial score (nSPS) is 16.8. The maximum absolute atomic E-state index is 13.0. The number of benzene rings is 2. The molecule has 1 aromatic heterocycles.